The van der Waals surface area contributed by atoms with Crippen LogP contribution in [0.25, 0.3) is 0 Å². The van der Waals surface area contributed by atoms with E-state index in [1.165, 1.54) is 22.7 Å². The van der Waals surface area contributed by atoms with E-state index in [-0.39, 0.29) is 0 Å². The van der Waals surface area contributed by atoms with Gasteiger partial charge in [0.05, 0.1) is 6.61 Å². The van der Waals surface area contributed by atoms with Crippen LogP contribution in [0.1, 0.15) is 22.5 Å². The Labute approximate surface area is 117 Å². The summed E-state index contributed by atoms with van der Waals surface area (Å²) in [6.07, 6.45) is 0.711. The highest BCUT2D eigenvalue weighted by atomic mass is 32.1. The van der Waals surface area contributed by atoms with E-state index in [2.05, 4.69) is 36.2 Å². The standard InChI is InChI=1S/C14H18N2O2S/c1-9-7-10(2)11(3)12(8-9)18-14-15-13(16-19-14)5-6-17-4/h7-8H,5-6H2,1-4H3. The van der Waals surface area contributed by atoms with Crippen LogP contribution >= 0.6 is 11.5 Å². The van der Waals surface area contributed by atoms with Gasteiger partial charge in [-0.25, -0.2) is 0 Å². The molecule has 0 unspecified atom stereocenters. The quantitative estimate of drug-likeness (QED) is 0.840. The second-order valence-corrected chi connectivity index (χ2v) is 5.24. The minimum absolute atomic E-state index is 0.583. The van der Waals surface area contributed by atoms with Crippen LogP contribution in [-0.2, 0) is 11.2 Å². The summed E-state index contributed by atoms with van der Waals surface area (Å²) in [7, 11) is 1.67. The van der Waals surface area contributed by atoms with Gasteiger partial charge < -0.3 is 9.47 Å². The molecule has 1 aromatic carbocycles. The van der Waals surface area contributed by atoms with Crippen LogP contribution in [0.5, 0.6) is 10.9 Å². The molecular weight excluding hydrogens is 260 g/mol. The monoisotopic (exact) mass is 278 g/mol. The van der Waals surface area contributed by atoms with Gasteiger partial charge in [-0.1, -0.05) is 6.07 Å². The average Bonchev–Trinajstić information content (AvgIpc) is 2.80. The Balaban J connectivity index is 2.15. The molecule has 0 fully saturated rings. The second kappa shape index (κ2) is 6.12. The molecule has 0 bridgehead atoms. The molecule has 0 amide bonds. The molecule has 0 aliphatic rings. The summed E-state index contributed by atoms with van der Waals surface area (Å²) >= 11 is 1.28. The summed E-state index contributed by atoms with van der Waals surface area (Å²) in [5, 5.41) is 0.583. The van der Waals surface area contributed by atoms with E-state index >= 15 is 0 Å². The molecule has 0 aliphatic carbocycles. The van der Waals surface area contributed by atoms with Crippen molar-refractivity contribution >= 4 is 11.5 Å². The van der Waals surface area contributed by atoms with Crippen LogP contribution in [0.4, 0.5) is 0 Å². The summed E-state index contributed by atoms with van der Waals surface area (Å²) in [6, 6.07) is 4.17. The van der Waals surface area contributed by atoms with Gasteiger partial charge in [0.1, 0.15) is 11.6 Å². The maximum atomic E-state index is 5.84. The van der Waals surface area contributed by atoms with Crippen molar-refractivity contribution in [2.75, 3.05) is 13.7 Å². The first-order valence-corrected chi connectivity index (χ1v) is 6.94. The predicted octanol–water partition coefficient (Wildman–Crippen LogP) is 3.44. The van der Waals surface area contributed by atoms with Gasteiger partial charge in [-0.15, -0.1) is 0 Å². The first-order valence-electron chi connectivity index (χ1n) is 6.17. The van der Waals surface area contributed by atoms with Crippen molar-refractivity contribution < 1.29 is 9.47 Å². The van der Waals surface area contributed by atoms with Gasteiger partial charge in [-0.05, 0) is 43.5 Å². The third kappa shape index (κ3) is 3.52. The zero-order chi connectivity index (χ0) is 13.8. The number of aromatic nitrogens is 2. The Kier molecular flexibility index (Phi) is 4.50. The van der Waals surface area contributed by atoms with Crippen LogP contribution in [0.2, 0.25) is 0 Å². The van der Waals surface area contributed by atoms with Crippen molar-refractivity contribution in [1.82, 2.24) is 9.36 Å². The van der Waals surface area contributed by atoms with Crippen LogP contribution < -0.4 is 4.74 Å². The SMILES string of the molecule is COCCc1nsc(Oc2cc(C)cc(C)c2C)n1. The zero-order valence-corrected chi connectivity index (χ0v) is 12.5. The molecule has 0 aliphatic heterocycles. The molecule has 0 N–H and O–H groups in total. The predicted molar refractivity (Wildman–Crippen MR) is 76.2 cm³/mol. The number of aryl methyl sites for hydroxylation is 2. The first kappa shape index (κ1) is 14.0. The van der Waals surface area contributed by atoms with Crippen molar-refractivity contribution in [3.05, 3.63) is 34.6 Å². The lowest BCUT2D eigenvalue weighted by atomic mass is 10.1. The molecule has 0 atom stereocenters. The Morgan fingerprint density at radius 3 is 2.74 bits per heavy atom. The summed E-state index contributed by atoms with van der Waals surface area (Å²) in [5.74, 6) is 1.62. The fourth-order valence-electron chi connectivity index (χ4n) is 1.78. The topological polar surface area (TPSA) is 44.2 Å². The number of ether oxygens (including phenoxy) is 2. The molecule has 4 nitrogen and oxygen atoms in total. The molecule has 2 aromatic rings. The molecule has 0 saturated carbocycles. The summed E-state index contributed by atoms with van der Waals surface area (Å²) < 4.78 is 15.1. The fraction of sp³-hybridized carbons (Fsp3) is 0.429. The van der Waals surface area contributed by atoms with Crippen LogP contribution in [0, 0.1) is 20.8 Å². The van der Waals surface area contributed by atoms with Crippen molar-refractivity contribution in [2.24, 2.45) is 0 Å². The number of benzene rings is 1. The second-order valence-electron chi connectivity index (χ2n) is 4.53. The van der Waals surface area contributed by atoms with Gasteiger partial charge in [0, 0.05) is 25.1 Å². The number of rotatable bonds is 5. The van der Waals surface area contributed by atoms with Gasteiger partial charge >= 0.3 is 0 Å². The molecule has 102 valence electrons. The minimum atomic E-state index is 0.583. The van der Waals surface area contributed by atoms with E-state index in [0.29, 0.717) is 18.2 Å². The van der Waals surface area contributed by atoms with E-state index in [1.54, 1.807) is 7.11 Å². The highest BCUT2D eigenvalue weighted by Crippen LogP contribution is 2.29. The number of hydrogen-bond acceptors (Lipinski definition) is 5. The van der Waals surface area contributed by atoms with Crippen LogP contribution in [-0.4, -0.2) is 23.1 Å². The highest BCUT2D eigenvalue weighted by Gasteiger charge is 2.09. The Bertz CT molecular complexity index is 567. The number of methoxy groups -OCH3 is 1. The molecule has 1 heterocycles. The fourth-order valence-corrected chi connectivity index (χ4v) is 2.36. The lowest BCUT2D eigenvalue weighted by Crippen LogP contribution is -1.96. The van der Waals surface area contributed by atoms with Crippen molar-refractivity contribution in [3.8, 4) is 10.9 Å². The summed E-state index contributed by atoms with van der Waals surface area (Å²) in [4.78, 5) is 4.35. The summed E-state index contributed by atoms with van der Waals surface area (Å²) in [5.41, 5.74) is 3.54. The van der Waals surface area contributed by atoms with Gasteiger partial charge in [0.15, 0.2) is 0 Å². The van der Waals surface area contributed by atoms with E-state index in [0.717, 1.165) is 17.1 Å². The Hall–Kier alpha value is -1.46. The third-order valence-electron chi connectivity index (χ3n) is 2.94. The van der Waals surface area contributed by atoms with Crippen molar-refractivity contribution in [3.63, 3.8) is 0 Å². The largest absolute Gasteiger partial charge is 0.430 e. The number of hydrogen-bond donors (Lipinski definition) is 0. The lowest BCUT2D eigenvalue weighted by Gasteiger charge is -2.09. The van der Waals surface area contributed by atoms with E-state index in [4.69, 9.17) is 9.47 Å². The Morgan fingerprint density at radius 2 is 2.00 bits per heavy atom. The van der Waals surface area contributed by atoms with Crippen molar-refractivity contribution in [2.45, 2.75) is 27.2 Å². The summed E-state index contributed by atoms with van der Waals surface area (Å²) in [6.45, 7) is 6.82. The van der Waals surface area contributed by atoms with Gasteiger partial charge in [-0.3, -0.25) is 0 Å². The molecule has 1 aromatic heterocycles. The normalized spacial score (nSPS) is 10.7. The van der Waals surface area contributed by atoms with Crippen molar-refractivity contribution in [1.29, 1.82) is 0 Å². The minimum Gasteiger partial charge on any atom is -0.430 e. The molecule has 5 heteroatoms. The van der Waals surface area contributed by atoms with Crippen LogP contribution in [0.3, 0.4) is 0 Å². The third-order valence-corrected chi connectivity index (χ3v) is 3.57. The highest BCUT2D eigenvalue weighted by molar-refractivity contribution is 7.07. The lowest BCUT2D eigenvalue weighted by molar-refractivity contribution is 0.200. The molecule has 19 heavy (non-hydrogen) atoms. The Morgan fingerprint density at radius 1 is 1.21 bits per heavy atom. The van der Waals surface area contributed by atoms with E-state index < -0.39 is 0 Å². The van der Waals surface area contributed by atoms with Gasteiger partial charge in [-0.2, -0.15) is 9.36 Å². The van der Waals surface area contributed by atoms with E-state index in [1.807, 2.05) is 6.07 Å². The molecule has 0 radical (unpaired) electrons. The van der Waals surface area contributed by atoms with Gasteiger partial charge in [0.2, 0.25) is 0 Å². The molecular formula is C14H18N2O2S. The molecule has 0 saturated heterocycles. The number of nitrogens with zero attached hydrogens (tertiary/aromatic N) is 2. The first-order chi connectivity index (χ1) is 9.10. The molecule has 0 spiro atoms. The van der Waals surface area contributed by atoms with Crippen LogP contribution in [0.15, 0.2) is 12.1 Å². The maximum Gasteiger partial charge on any atom is 0.298 e. The van der Waals surface area contributed by atoms with E-state index in [9.17, 15) is 0 Å². The maximum absolute atomic E-state index is 5.84. The zero-order valence-electron chi connectivity index (χ0n) is 11.7. The van der Waals surface area contributed by atoms with Gasteiger partial charge in [0.25, 0.3) is 5.19 Å². The molecule has 2 rings (SSSR count). The average molecular weight is 278 g/mol. The smallest absolute Gasteiger partial charge is 0.298 e.